The number of rotatable bonds is 4. The van der Waals surface area contributed by atoms with Gasteiger partial charge in [0.15, 0.2) is 0 Å². The maximum Gasteiger partial charge on any atom is 0.391 e. The second-order valence-corrected chi connectivity index (χ2v) is 8.14. The van der Waals surface area contributed by atoms with Crippen molar-refractivity contribution in [3.8, 4) is 0 Å². The molecule has 0 saturated carbocycles. The van der Waals surface area contributed by atoms with Gasteiger partial charge in [-0.1, -0.05) is 43.2 Å². The van der Waals surface area contributed by atoms with Crippen LogP contribution in [0.3, 0.4) is 0 Å². The van der Waals surface area contributed by atoms with Gasteiger partial charge in [-0.05, 0) is 36.6 Å². The van der Waals surface area contributed by atoms with Crippen molar-refractivity contribution in [3.63, 3.8) is 0 Å². The number of aromatic nitrogens is 2. The molecule has 1 aromatic heterocycles. The summed E-state index contributed by atoms with van der Waals surface area (Å²) in [6.45, 7) is 0.621. The third kappa shape index (κ3) is 5.00. The Hall–Kier alpha value is -3.16. The van der Waals surface area contributed by atoms with Crippen molar-refractivity contribution in [1.82, 2.24) is 14.9 Å². The highest BCUT2D eigenvalue weighted by Gasteiger charge is 2.33. The first-order valence-electron chi connectivity index (χ1n) is 10.8. The van der Waals surface area contributed by atoms with Crippen molar-refractivity contribution < 1.29 is 18.0 Å². The zero-order valence-corrected chi connectivity index (χ0v) is 17.5. The minimum Gasteiger partial charge on any atom is -0.345 e. The molecule has 0 bridgehead atoms. The van der Waals surface area contributed by atoms with Gasteiger partial charge >= 0.3 is 6.18 Å². The van der Waals surface area contributed by atoms with Crippen LogP contribution in [0.5, 0.6) is 0 Å². The number of amides is 1. The summed E-state index contributed by atoms with van der Waals surface area (Å²) in [6.07, 6.45) is -0.925. The maximum atomic E-state index is 13.1. The fraction of sp³-hybridized carbons (Fsp3) is 0.375. The molecule has 2 heterocycles. The van der Waals surface area contributed by atoms with Crippen LogP contribution in [0.15, 0.2) is 53.3 Å². The number of nitrogens with zero attached hydrogens (tertiary/aromatic N) is 2. The van der Waals surface area contributed by atoms with Crippen LogP contribution in [0.2, 0.25) is 0 Å². The van der Waals surface area contributed by atoms with Crippen LogP contribution in [0, 0.1) is 0 Å². The van der Waals surface area contributed by atoms with Crippen molar-refractivity contribution in [2.75, 3.05) is 0 Å². The number of carbonyl (C=O) groups excluding carboxylic acids is 1. The molecule has 1 N–H and O–H groups in total. The predicted molar refractivity (Wildman–Crippen MR) is 115 cm³/mol. The summed E-state index contributed by atoms with van der Waals surface area (Å²) in [4.78, 5) is 30.4. The first-order valence-corrected chi connectivity index (χ1v) is 10.8. The third-order valence-electron chi connectivity index (χ3n) is 5.77. The van der Waals surface area contributed by atoms with Gasteiger partial charge in [-0.25, -0.2) is 4.98 Å². The van der Waals surface area contributed by atoms with Crippen LogP contribution in [-0.2, 0) is 13.0 Å². The van der Waals surface area contributed by atoms with Gasteiger partial charge in [0.25, 0.3) is 11.5 Å². The summed E-state index contributed by atoms with van der Waals surface area (Å²) in [5.41, 5.74) is 0.791. The van der Waals surface area contributed by atoms with Crippen molar-refractivity contribution >= 4 is 16.8 Å². The van der Waals surface area contributed by atoms with E-state index < -0.39 is 24.5 Å². The van der Waals surface area contributed by atoms with Gasteiger partial charge < -0.3 is 5.32 Å². The van der Waals surface area contributed by atoms with E-state index >= 15 is 0 Å². The average Bonchev–Trinajstić information content (AvgIpc) is 2.74. The normalized spacial score (nSPS) is 15.5. The Balaban J connectivity index is 1.65. The lowest BCUT2D eigenvalue weighted by Gasteiger charge is -2.21. The average molecular weight is 443 g/mol. The molecule has 1 amide bonds. The van der Waals surface area contributed by atoms with Crippen molar-refractivity contribution in [2.45, 2.75) is 57.3 Å². The molecule has 8 heteroatoms. The van der Waals surface area contributed by atoms with Gasteiger partial charge in [0.1, 0.15) is 5.82 Å². The lowest BCUT2D eigenvalue weighted by molar-refractivity contribution is -0.139. The van der Waals surface area contributed by atoms with Crippen LogP contribution in [0.1, 0.15) is 59.9 Å². The molecule has 3 aromatic rings. The van der Waals surface area contributed by atoms with E-state index in [2.05, 4.69) is 10.3 Å². The van der Waals surface area contributed by atoms with Crippen LogP contribution in [-0.4, -0.2) is 21.6 Å². The minimum absolute atomic E-state index is 0.141. The lowest BCUT2D eigenvalue weighted by atomic mass is 10.0. The number of benzene rings is 2. The SMILES string of the molecule is O=C(N[C@@H](CC(F)(F)F)c1ccccc1)c1ccc2c(=O)n3c(nc2c1)CCCCCC3. The van der Waals surface area contributed by atoms with Gasteiger partial charge in [-0.2, -0.15) is 13.2 Å². The molecular weight excluding hydrogens is 419 g/mol. The lowest BCUT2D eigenvalue weighted by Crippen LogP contribution is -2.32. The first-order chi connectivity index (χ1) is 15.3. The van der Waals surface area contributed by atoms with Crippen LogP contribution >= 0.6 is 0 Å². The van der Waals surface area contributed by atoms with E-state index in [1.165, 1.54) is 18.2 Å². The molecule has 32 heavy (non-hydrogen) atoms. The van der Waals surface area contributed by atoms with Gasteiger partial charge in [0, 0.05) is 18.5 Å². The predicted octanol–water partition coefficient (Wildman–Crippen LogP) is 4.94. The number of hydrogen-bond donors (Lipinski definition) is 1. The van der Waals surface area contributed by atoms with Crippen molar-refractivity contribution in [3.05, 3.63) is 75.8 Å². The molecule has 0 radical (unpaired) electrons. The molecule has 5 nitrogen and oxygen atoms in total. The van der Waals surface area contributed by atoms with Gasteiger partial charge in [0.05, 0.1) is 23.4 Å². The maximum absolute atomic E-state index is 13.1. The number of alkyl halides is 3. The van der Waals surface area contributed by atoms with E-state index in [4.69, 9.17) is 0 Å². The van der Waals surface area contributed by atoms with Crippen LogP contribution in [0.25, 0.3) is 10.9 Å². The smallest absolute Gasteiger partial charge is 0.345 e. The number of nitrogens with one attached hydrogen (secondary N) is 1. The second-order valence-electron chi connectivity index (χ2n) is 8.14. The van der Waals surface area contributed by atoms with E-state index in [0.29, 0.717) is 35.3 Å². The van der Waals surface area contributed by atoms with Crippen molar-refractivity contribution in [2.24, 2.45) is 0 Å². The highest BCUT2D eigenvalue weighted by molar-refractivity contribution is 5.97. The Morgan fingerprint density at radius 2 is 1.81 bits per heavy atom. The highest BCUT2D eigenvalue weighted by Crippen LogP contribution is 2.30. The highest BCUT2D eigenvalue weighted by atomic mass is 19.4. The quantitative estimate of drug-likeness (QED) is 0.622. The minimum atomic E-state index is -4.44. The van der Waals surface area contributed by atoms with E-state index in [0.717, 1.165) is 25.7 Å². The van der Waals surface area contributed by atoms with E-state index in [-0.39, 0.29) is 11.1 Å². The summed E-state index contributed by atoms with van der Waals surface area (Å²) in [5, 5.41) is 2.90. The summed E-state index contributed by atoms with van der Waals surface area (Å²) in [5.74, 6) is 0.0534. The molecule has 4 rings (SSSR count). The zero-order valence-electron chi connectivity index (χ0n) is 17.5. The summed E-state index contributed by atoms with van der Waals surface area (Å²) in [7, 11) is 0. The number of halogens is 3. The molecule has 0 saturated heterocycles. The first kappa shape index (κ1) is 22.0. The number of aryl methyl sites for hydroxylation is 1. The summed E-state index contributed by atoms with van der Waals surface area (Å²) >= 11 is 0. The molecular formula is C24H24F3N3O2. The second kappa shape index (κ2) is 9.14. The Morgan fingerprint density at radius 3 is 2.56 bits per heavy atom. The van der Waals surface area contributed by atoms with Crippen LogP contribution in [0.4, 0.5) is 13.2 Å². The topological polar surface area (TPSA) is 64.0 Å². The monoisotopic (exact) mass is 443 g/mol. The molecule has 0 aliphatic carbocycles. The fourth-order valence-electron chi connectivity index (χ4n) is 4.15. The molecule has 1 aliphatic rings. The van der Waals surface area contributed by atoms with E-state index in [1.807, 2.05) is 0 Å². The fourth-order valence-corrected chi connectivity index (χ4v) is 4.15. The zero-order chi connectivity index (χ0) is 22.7. The molecule has 0 spiro atoms. The van der Waals surface area contributed by atoms with Crippen molar-refractivity contribution in [1.29, 1.82) is 0 Å². The third-order valence-corrected chi connectivity index (χ3v) is 5.77. The number of fused-ring (bicyclic) bond motifs is 2. The molecule has 1 atom stereocenters. The van der Waals surface area contributed by atoms with E-state index in [1.54, 1.807) is 34.9 Å². The molecule has 168 valence electrons. The van der Waals surface area contributed by atoms with Gasteiger partial charge in [0.2, 0.25) is 0 Å². The van der Waals surface area contributed by atoms with E-state index in [9.17, 15) is 22.8 Å². The van der Waals surface area contributed by atoms with Crippen LogP contribution < -0.4 is 10.9 Å². The molecule has 0 unspecified atom stereocenters. The standard InChI is InChI=1S/C24H24F3N3O2/c25-24(26,27)15-20(16-8-4-3-5-9-16)29-22(31)17-11-12-18-19(14-17)28-21-10-6-1-2-7-13-30(21)23(18)32/h3-5,8-9,11-12,14,20H,1-2,6-7,10,13,15H2,(H,29,31)/t20-/m0/s1. The van der Waals surface area contributed by atoms with Gasteiger partial charge in [-0.3, -0.25) is 14.2 Å². The Morgan fingerprint density at radius 1 is 1.06 bits per heavy atom. The Labute approximate surface area is 183 Å². The Bertz CT molecular complexity index is 1170. The summed E-state index contributed by atoms with van der Waals surface area (Å²) < 4.78 is 41.1. The molecule has 1 aliphatic heterocycles. The summed E-state index contributed by atoms with van der Waals surface area (Å²) in [6, 6.07) is 11.3. The number of carbonyl (C=O) groups is 1. The molecule has 0 fully saturated rings. The molecule has 2 aromatic carbocycles. The number of hydrogen-bond acceptors (Lipinski definition) is 3. The Kier molecular flexibility index (Phi) is 6.30. The largest absolute Gasteiger partial charge is 0.391 e. The van der Waals surface area contributed by atoms with Gasteiger partial charge in [-0.15, -0.1) is 0 Å².